The summed E-state index contributed by atoms with van der Waals surface area (Å²) in [5.41, 5.74) is 0. The Morgan fingerprint density at radius 2 is 1.47 bits per heavy atom. The number of hydrogen-bond donors (Lipinski definition) is 0. The van der Waals surface area contributed by atoms with E-state index in [1.165, 1.54) is 12.8 Å². The van der Waals surface area contributed by atoms with Crippen LogP contribution in [0.3, 0.4) is 0 Å². The molecule has 0 N–H and O–H groups in total. The summed E-state index contributed by atoms with van der Waals surface area (Å²) in [6, 6.07) is 0. The Morgan fingerprint density at radius 1 is 0.867 bits per heavy atom. The van der Waals surface area contributed by atoms with Crippen LogP contribution in [0.4, 0.5) is 0 Å². The number of carbonyl (C=O) groups excluding carboxylic acids is 2. The number of ether oxygens (including phenoxy) is 2. The van der Waals surface area contributed by atoms with Crippen LogP contribution in [0, 0.1) is 0 Å². The zero-order valence-corrected chi connectivity index (χ0v) is 9.58. The first-order valence-corrected chi connectivity index (χ1v) is 5.56. The maximum atomic E-state index is 10.9. The lowest BCUT2D eigenvalue weighted by atomic mass is 10.2. The molecule has 0 fully saturated rings. The first kappa shape index (κ1) is 13.9. The van der Waals surface area contributed by atoms with Gasteiger partial charge in [0.2, 0.25) is 0 Å². The number of rotatable bonds is 7. The van der Waals surface area contributed by atoms with Crippen LogP contribution < -0.4 is 0 Å². The van der Waals surface area contributed by atoms with Crippen molar-refractivity contribution in [2.45, 2.75) is 46.0 Å². The molecule has 0 aliphatic heterocycles. The Morgan fingerprint density at radius 3 is 2.07 bits per heavy atom. The van der Waals surface area contributed by atoms with Crippen molar-refractivity contribution in [3.63, 3.8) is 0 Å². The van der Waals surface area contributed by atoms with Crippen LogP contribution in [0.25, 0.3) is 0 Å². The van der Waals surface area contributed by atoms with Gasteiger partial charge in [-0.15, -0.1) is 0 Å². The number of unbranched alkanes of at least 4 members (excludes halogenated alkanes) is 4. The molecular weight excluding hydrogens is 196 g/mol. The van der Waals surface area contributed by atoms with E-state index in [1.807, 2.05) is 0 Å². The summed E-state index contributed by atoms with van der Waals surface area (Å²) in [6.07, 6.45) is 5.37. The molecule has 0 unspecified atom stereocenters. The SMILES string of the molecule is CCCCCCCOC(=O)C(=O)OCC. The lowest BCUT2D eigenvalue weighted by Crippen LogP contribution is -2.20. The van der Waals surface area contributed by atoms with E-state index in [9.17, 15) is 9.59 Å². The molecule has 0 atom stereocenters. The molecule has 88 valence electrons. The lowest BCUT2D eigenvalue weighted by Gasteiger charge is -2.03. The van der Waals surface area contributed by atoms with Gasteiger partial charge in [0.25, 0.3) is 0 Å². The molecule has 0 radical (unpaired) electrons. The fraction of sp³-hybridized carbons (Fsp3) is 0.818. The molecule has 0 aliphatic carbocycles. The minimum atomic E-state index is -0.897. The molecule has 0 rings (SSSR count). The average molecular weight is 216 g/mol. The van der Waals surface area contributed by atoms with E-state index >= 15 is 0 Å². The van der Waals surface area contributed by atoms with Gasteiger partial charge < -0.3 is 9.47 Å². The average Bonchev–Trinajstić information content (AvgIpc) is 2.23. The number of hydrogen-bond acceptors (Lipinski definition) is 4. The molecule has 0 amide bonds. The minimum absolute atomic E-state index is 0.199. The van der Waals surface area contributed by atoms with Gasteiger partial charge in [-0.25, -0.2) is 9.59 Å². The third-order valence-electron chi connectivity index (χ3n) is 1.92. The van der Waals surface area contributed by atoms with E-state index in [0.29, 0.717) is 6.61 Å². The molecule has 4 heteroatoms. The zero-order valence-electron chi connectivity index (χ0n) is 9.58. The van der Waals surface area contributed by atoms with E-state index in [0.717, 1.165) is 19.3 Å². The summed E-state index contributed by atoms with van der Waals surface area (Å²) in [5, 5.41) is 0. The first-order chi connectivity index (χ1) is 7.22. The van der Waals surface area contributed by atoms with E-state index in [4.69, 9.17) is 4.74 Å². The van der Waals surface area contributed by atoms with Crippen LogP contribution in [-0.2, 0) is 19.1 Å². The second-order valence-electron chi connectivity index (χ2n) is 3.27. The molecule has 0 saturated heterocycles. The van der Waals surface area contributed by atoms with Crippen molar-refractivity contribution >= 4 is 11.9 Å². The maximum Gasteiger partial charge on any atom is 0.417 e. The summed E-state index contributed by atoms with van der Waals surface area (Å²) < 4.78 is 9.21. The van der Waals surface area contributed by atoms with Crippen molar-refractivity contribution in [1.29, 1.82) is 0 Å². The van der Waals surface area contributed by atoms with Gasteiger partial charge in [-0.1, -0.05) is 32.6 Å². The van der Waals surface area contributed by atoms with Gasteiger partial charge in [-0.3, -0.25) is 0 Å². The molecule has 15 heavy (non-hydrogen) atoms. The van der Waals surface area contributed by atoms with Crippen molar-refractivity contribution < 1.29 is 19.1 Å². The molecule has 0 aromatic rings. The zero-order chi connectivity index (χ0) is 11.5. The van der Waals surface area contributed by atoms with E-state index in [2.05, 4.69) is 11.7 Å². The third-order valence-corrected chi connectivity index (χ3v) is 1.92. The topological polar surface area (TPSA) is 52.6 Å². The summed E-state index contributed by atoms with van der Waals surface area (Å²) in [6.45, 7) is 4.29. The van der Waals surface area contributed by atoms with E-state index < -0.39 is 11.9 Å². The Kier molecular flexibility index (Phi) is 8.82. The summed E-state index contributed by atoms with van der Waals surface area (Å²) in [4.78, 5) is 21.7. The monoisotopic (exact) mass is 216 g/mol. The highest BCUT2D eigenvalue weighted by atomic mass is 16.6. The van der Waals surface area contributed by atoms with Gasteiger partial charge in [-0.2, -0.15) is 0 Å². The Balaban J connectivity index is 3.35. The molecule has 4 nitrogen and oxygen atoms in total. The van der Waals surface area contributed by atoms with Crippen LogP contribution in [0.15, 0.2) is 0 Å². The molecule has 0 spiro atoms. The Labute approximate surface area is 90.9 Å². The molecule has 0 bridgehead atoms. The lowest BCUT2D eigenvalue weighted by molar-refractivity contribution is -0.167. The van der Waals surface area contributed by atoms with Gasteiger partial charge in [0.15, 0.2) is 0 Å². The number of esters is 2. The van der Waals surface area contributed by atoms with Crippen LogP contribution >= 0.6 is 0 Å². The fourth-order valence-corrected chi connectivity index (χ4v) is 1.12. The summed E-state index contributed by atoms with van der Waals surface area (Å²) >= 11 is 0. The molecular formula is C11H20O4. The second-order valence-corrected chi connectivity index (χ2v) is 3.27. The summed E-state index contributed by atoms with van der Waals surface area (Å²) in [5.74, 6) is -1.78. The van der Waals surface area contributed by atoms with Crippen molar-refractivity contribution in [1.82, 2.24) is 0 Å². The minimum Gasteiger partial charge on any atom is -0.458 e. The molecule has 0 saturated carbocycles. The molecule has 0 aromatic carbocycles. The van der Waals surface area contributed by atoms with Gasteiger partial charge in [-0.05, 0) is 13.3 Å². The van der Waals surface area contributed by atoms with Gasteiger partial charge in [0, 0.05) is 0 Å². The molecule has 0 aliphatic rings. The molecule has 0 heterocycles. The highest BCUT2D eigenvalue weighted by Crippen LogP contribution is 2.02. The van der Waals surface area contributed by atoms with Crippen molar-refractivity contribution in [3.05, 3.63) is 0 Å². The Bertz CT molecular complexity index is 189. The van der Waals surface area contributed by atoms with Crippen molar-refractivity contribution in [2.24, 2.45) is 0 Å². The third kappa shape index (κ3) is 7.97. The quantitative estimate of drug-likeness (QED) is 0.371. The van der Waals surface area contributed by atoms with Gasteiger partial charge >= 0.3 is 11.9 Å². The predicted molar refractivity (Wildman–Crippen MR) is 56.4 cm³/mol. The van der Waals surface area contributed by atoms with Crippen LogP contribution in [0.1, 0.15) is 46.0 Å². The van der Waals surface area contributed by atoms with Crippen LogP contribution in [0.2, 0.25) is 0 Å². The van der Waals surface area contributed by atoms with Crippen LogP contribution in [-0.4, -0.2) is 25.2 Å². The fourth-order valence-electron chi connectivity index (χ4n) is 1.12. The Hall–Kier alpha value is -1.06. The number of carbonyl (C=O) groups is 2. The van der Waals surface area contributed by atoms with E-state index in [-0.39, 0.29) is 6.61 Å². The standard InChI is InChI=1S/C11H20O4/c1-3-5-6-7-8-9-15-11(13)10(12)14-4-2/h3-9H2,1-2H3. The first-order valence-electron chi connectivity index (χ1n) is 5.56. The smallest absolute Gasteiger partial charge is 0.417 e. The summed E-state index contributed by atoms with van der Waals surface area (Å²) in [7, 11) is 0. The van der Waals surface area contributed by atoms with E-state index in [1.54, 1.807) is 6.92 Å². The normalized spacial score (nSPS) is 9.73. The van der Waals surface area contributed by atoms with Crippen molar-refractivity contribution in [2.75, 3.05) is 13.2 Å². The largest absolute Gasteiger partial charge is 0.458 e. The maximum absolute atomic E-state index is 10.9. The van der Waals surface area contributed by atoms with Crippen LogP contribution in [0.5, 0.6) is 0 Å². The van der Waals surface area contributed by atoms with Crippen molar-refractivity contribution in [3.8, 4) is 0 Å². The highest BCUT2D eigenvalue weighted by molar-refractivity contribution is 6.29. The molecule has 0 aromatic heterocycles. The van der Waals surface area contributed by atoms with Gasteiger partial charge in [0.05, 0.1) is 13.2 Å². The second kappa shape index (κ2) is 9.49. The highest BCUT2D eigenvalue weighted by Gasteiger charge is 2.15. The van der Waals surface area contributed by atoms with Gasteiger partial charge in [0.1, 0.15) is 0 Å². The predicted octanol–water partition coefficient (Wildman–Crippen LogP) is 2.06.